The normalized spacial score (nSPS) is 10.6. The SMILES string of the molecule is Cc1ccc(N(C)c2nccc3ccccc23)cc1. The van der Waals surface area contributed by atoms with Crippen molar-refractivity contribution in [3.63, 3.8) is 0 Å². The third-order valence-electron chi connectivity index (χ3n) is 3.39. The first-order valence-electron chi connectivity index (χ1n) is 6.40. The molecule has 0 saturated carbocycles. The lowest BCUT2D eigenvalue weighted by atomic mass is 10.1. The Hall–Kier alpha value is -2.35. The summed E-state index contributed by atoms with van der Waals surface area (Å²) in [5.74, 6) is 0.988. The van der Waals surface area contributed by atoms with E-state index in [1.807, 2.05) is 12.3 Å². The predicted octanol–water partition coefficient (Wildman–Crippen LogP) is 4.31. The molecule has 0 atom stereocenters. The average Bonchev–Trinajstić information content (AvgIpc) is 2.47. The molecule has 0 saturated heterocycles. The maximum absolute atomic E-state index is 4.53. The van der Waals surface area contributed by atoms with E-state index in [-0.39, 0.29) is 0 Å². The van der Waals surface area contributed by atoms with E-state index in [9.17, 15) is 0 Å². The van der Waals surface area contributed by atoms with Gasteiger partial charge in [0, 0.05) is 24.3 Å². The third-order valence-corrected chi connectivity index (χ3v) is 3.39. The molecule has 94 valence electrons. The van der Waals surface area contributed by atoms with Gasteiger partial charge in [0.15, 0.2) is 0 Å². The Labute approximate surface area is 113 Å². The summed E-state index contributed by atoms with van der Waals surface area (Å²) in [6, 6.07) is 18.9. The van der Waals surface area contributed by atoms with Gasteiger partial charge in [0.1, 0.15) is 5.82 Å². The smallest absolute Gasteiger partial charge is 0.140 e. The number of benzene rings is 2. The van der Waals surface area contributed by atoms with Crippen LogP contribution in [0.25, 0.3) is 10.8 Å². The molecule has 0 bridgehead atoms. The molecule has 2 nitrogen and oxygen atoms in total. The summed E-state index contributed by atoms with van der Waals surface area (Å²) in [5.41, 5.74) is 2.41. The fourth-order valence-electron chi connectivity index (χ4n) is 2.26. The van der Waals surface area contributed by atoms with Crippen molar-refractivity contribution in [2.24, 2.45) is 0 Å². The van der Waals surface area contributed by atoms with Crippen LogP contribution < -0.4 is 4.90 Å². The van der Waals surface area contributed by atoms with E-state index in [1.54, 1.807) is 0 Å². The van der Waals surface area contributed by atoms with Crippen LogP contribution in [0.1, 0.15) is 5.56 Å². The summed E-state index contributed by atoms with van der Waals surface area (Å²) in [6.45, 7) is 2.10. The highest BCUT2D eigenvalue weighted by Crippen LogP contribution is 2.28. The molecular weight excluding hydrogens is 232 g/mol. The van der Waals surface area contributed by atoms with Crippen molar-refractivity contribution in [1.82, 2.24) is 4.98 Å². The van der Waals surface area contributed by atoms with Gasteiger partial charge in [-0.2, -0.15) is 0 Å². The second-order valence-electron chi connectivity index (χ2n) is 4.75. The van der Waals surface area contributed by atoms with Crippen LogP contribution in [0.5, 0.6) is 0 Å². The summed E-state index contributed by atoms with van der Waals surface area (Å²) in [7, 11) is 2.06. The van der Waals surface area contributed by atoms with Crippen molar-refractivity contribution in [1.29, 1.82) is 0 Å². The van der Waals surface area contributed by atoms with E-state index >= 15 is 0 Å². The quantitative estimate of drug-likeness (QED) is 0.671. The molecular formula is C17H16N2. The van der Waals surface area contributed by atoms with Crippen LogP contribution in [0.15, 0.2) is 60.8 Å². The summed E-state index contributed by atoms with van der Waals surface area (Å²) < 4.78 is 0. The number of aromatic nitrogens is 1. The highest BCUT2D eigenvalue weighted by Gasteiger charge is 2.08. The highest BCUT2D eigenvalue weighted by atomic mass is 15.2. The molecule has 0 aliphatic heterocycles. The van der Waals surface area contributed by atoms with E-state index in [1.165, 1.54) is 16.3 Å². The zero-order chi connectivity index (χ0) is 13.2. The largest absolute Gasteiger partial charge is 0.329 e. The average molecular weight is 248 g/mol. The first-order chi connectivity index (χ1) is 9.25. The van der Waals surface area contributed by atoms with E-state index in [4.69, 9.17) is 0 Å². The standard InChI is InChI=1S/C17H16N2/c1-13-7-9-15(10-8-13)19(2)17-16-6-4-3-5-14(16)11-12-18-17/h3-12H,1-2H3. The Morgan fingerprint density at radius 2 is 1.63 bits per heavy atom. The Bertz CT molecular complexity index is 697. The second kappa shape index (κ2) is 4.73. The van der Waals surface area contributed by atoms with Crippen LogP contribution in [0.2, 0.25) is 0 Å². The lowest BCUT2D eigenvalue weighted by Gasteiger charge is -2.20. The Morgan fingerprint density at radius 3 is 2.42 bits per heavy atom. The van der Waals surface area contributed by atoms with E-state index in [0.29, 0.717) is 0 Å². The molecule has 0 aliphatic rings. The van der Waals surface area contributed by atoms with Crippen molar-refractivity contribution in [3.05, 3.63) is 66.4 Å². The van der Waals surface area contributed by atoms with Gasteiger partial charge >= 0.3 is 0 Å². The van der Waals surface area contributed by atoms with Crippen LogP contribution in [0.3, 0.4) is 0 Å². The first-order valence-corrected chi connectivity index (χ1v) is 6.40. The molecule has 3 aromatic rings. The van der Waals surface area contributed by atoms with Gasteiger partial charge < -0.3 is 4.90 Å². The third kappa shape index (κ3) is 2.17. The summed E-state index contributed by atoms with van der Waals surface area (Å²) in [5, 5.41) is 2.39. The summed E-state index contributed by atoms with van der Waals surface area (Å²) >= 11 is 0. The van der Waals surface area contributed by atoms with E-state index in [2.05, 4.69) is 72.4 Å². The lowest BCUT2D eigenvalue weighted by molar-refractivity contribution is 1.14. The fraction of sp³-hybridized carbons (Fsp3) is 0.118. The summed E-state index contributed by atoms with van der Waals surface area (Å²) in [6.07, 6.45) is 1.86. The zero-order valence-corrected chi connectivity index (χ0v) is 11.2. The lowest BCUT2D eigenvalue weighted by Crippen LogP contribution is -2.11. The van der Waals surface area contributed by atoms with Gasteiger partial charge in [-0.25, -0.2) is 4.98 Å². The van der Waals surface area contributed by atoms with Gasteiger partial charge in [-0.15, -0.1) is 0 Å². The van der Waals surface area contributed by atoms with Crippen molar-refractivity contribution in [2.75, 3.05) is 11.9 Å². The number of anilines is 2. The second-order valence-corrected chi connectivity index (χ2v) is 4.75. The Balaban J connectivity index is 2.11. The van der Waals surface area contributed by atoms with E-state index in [0.717, 1.165) is 11.5 Å². The molecule has 1 heterocycles. The molecule has 3 rings (SSSR count). The van der Waals surface area contributed by atoms with Gasteiger partial charge in [-0.1, -0.05) is 42.0 Å². The molecule has 0 fully saturated rings. The molecule has 19 heavy (non-hydrogen) atoms. The topological polar surface area (TPSA) is 16.1 Å². The summed E-state index contributed by atoms with van der Waals surface area (Å²) in [4.78, 5) is 6.66. The van der Waals surface area contributed by atoms with Crippen LogP contribution in [-0.2, 0) is 0 Å². The van der Waals surface area contributed by atoms with Crippen LogP contribution in [-0.4, -0.2) is 12.0 Å². The van der Waals surface area contributed by atoms with Crippen molar-refractivity contribution >= 4 is 22.3 Å². The van der Waals surface area contributed by atoms with Gasteiger partial charge in [-0.3, -0.25) is 0 Å². The number of hydrogen-bond donors (Lipinski definition) is 0. The fourth-order valence-corrected chi connectivity index (χ4v) is 2.26. The van der Waals surface area contributed by atoms with Gasteiger partial charge in [0.2, 0.25) is 0 Å². The number of rotatable bonds is 2. The maximum Gasteiger partial charge on any atom is 0.140 e. The Kier molecular flexibility index (Phi) is 2.92. The van der Waals surface area contributed by atoms with Crippen LogP contribution >= 0.6 is 0 Å². The zero-order valence-electron chi connectivity index (χ0n) is 11.2. The van der Waals surface area contributed by atoms with Crippen molar-refractivity contribution < 1.29 is 0 Å². The number of pyridine rings is 1. The first kappa shape index (κ1) is 11.7. The molecule has 2 heteroatoms. The highest BCUT2D eigenvalue weighted by molar-refractivity contribution is 5.93. The van der Waals surface area contributed by atoms with Crippen LogP contribution in [0, 0.1) is 6.92 Å². The monoisotopic (exact) mass is 248 g/mol. The molecule has 1 aromatic heterocycles. The predicted molar refractivity (Wildman–Crippen MR) is 81.0 cm³/mol. The van der Waals surface area contributed by atoms with Gasteiger partial charge in [0.25, 0.3) is 0 Å². The van der Waals surface area contributed by atoms with Crippen molar-refractivity contribution in [2.45, 2.75) is 6.92 Å². The number of nitrogens with zero attached hydrogens (tertiary/aromatic N) is 2. The Morgan fingerprint density at radius 1 is 0.895 bits per heavy atom. The van der Waals surface area contributed by atoms with Gasteiger partial charge in [-0.05, 0) is 30.5 Å². The number of aryl methyl sites for hydroxylation is 1. The van der Waals surface area contributed by atoms with Gasteiger partial charge in [0.05, 0.1) is 0 Å². The minimum atomic E-state index is 0.988. The van der Waals surface area contributed by atoms with E-state index < -0.39 is 0 Å². The molecule has 0 N–H and O–H groups in total. The molecule has 0 spiro atoms. The minimum absolute atomic E-state index is 0.988. The van der Waals surface area contributed by atoms with Crippen LogP contribution in [0.4, 0.5) is 11.5 Å². The maximum atomic E-state index is 4.53. The molecule has 0 aliphatic carbocycles. The molecule has 0 unspecified atom stereocenters. The molecule has 2 aromatic carbocycles. The number of fused-ring (bicyclic) bond motifs is 1. The molecule has 0 amide bonds. The molecule has 0 radical (unpaired) electrons. The minimum Gasteiger partial charge on any atom is -0.329 e. The number of hydrogen-bond acceptors (Lipinski definition) is 2. The van der Waals surface area contributed by atoms with Crippen molar-refractivity contribution in [3.8, 4) is 0 Å².